The van der Waals surface area contributed by atoms with Gasteiger partial charge in [0.05, 0.1) is 11.9 Å². The fourth-order valence-corrected chi connectivity index (χ4v) is 3.35. The van der Waals surface area contributed by atoms with Gasteiger partial charge in [0, 0.05) is 12.6 Å². The first-order valence-electron chi connectivity index (χ1n) is 5.64. The van der Waals surface area contributed by atoms with Crippen LogP contribution in [0, 0.1) is 0 Å². The summed E-state index contributed by atoms with van der Waals surface area (Å²) in [6.45, 7) is 0.554. The maximum Gasteiger partial charge on any atom is 0.232 e. The second kappa shape index (κ2) is 4.31. The molecule has 1 aliphatic rings. The summed E-state index contributed by atoms with van der Waals surface area (Å²) in [5.41, 5.74) is 1.91. The van der Waals surface area contributed by atoms with E-state index in [1.54, 1.807) is 0 Å². The first-order chi connectivity index (χ1) is 7.91. The number of fused-ring (bicyclic) bond motifs is 1. The van der Waals surface area contributed by atoms with E-state index in [2.05, 4.69) is 4.90 Å². The third-order valence-corrected chi connectivity index (χ3v) is 4.37. The van der Waals surface area contributed by atoms with E-state index in [-0.39, 0.29) is 0 Å². The molecule has 1 aromatic carbocycles. The molecule has 1 heterocycles. The lowest BCUT2D eigenvalue weighted by atomic mass is 9.97. The minimum Gasteiger partial charge on any atom is -0.302 e. The van der Waals surface area contributed by atoms with E-state index in [1.807, 2.05) is 38.4 Å². The predicted octanol–water partition coefficient (Wildman–Crippen LogP) is 1.46. The molecule has 1 aromatic rings. The van der Waals surface area contributed by atoms with Crippen LogP contribution in [0.4, 0.5) is 5.69 Å². The third kappa shape index (κ3) is 2.30. The summed E-state index contributed by atoms with van der Waals surface area (Å²) in [4.78, 5) is 2.14. The smallest absolute Gasteiger partial charge is 0.232 e. The van der Waals surface area contributed by atoms with Crippen molar-refractivity contribution in [2.45, 2.75) is 12.5 Å². The number of anilines is 1. The van der Waals surface area contributed by atoms with Crippen molar-refractivity contribution in [2.75, 3.05) is 31.2 Å². The Morgan fingerprint density at radius 3 is 2.53 bits per heavy atom. The Bertz CT molecular complexity index is 511. The molecule has 0 bridgehead atoms. The number of para-hydroxylation sites is 1. The summed E-state index contributed by atoms with van der Waals surface area (Å²) < 4.78 is 25.0. The highest BCUT2D eigenvalue weighted by molar-refractivity contribution is 7.92. The average molecular weight is 254 g/mol. The molecule has 5 heteroatoms. The van der Waals surface area contributed by atoms with Crippen LogP contribution in [0.25, 0.3) is 0 Å². The number of rotatable bonds is 2. The summed E-state index contributed by atoms with van der Waals surface area (Å²) in [7, 11) is 0.877. The average Bonchev–Trinajstić information content (AvgIpc) is 2.26. The molecule has 4 nitrogen and oxygen atoms in total. The maximum absolute atomic E-state index is 11.7. The van der Waals surface area contributed by atoms with Gasteiger partial charge in [-0.1, -0.05) is 18.2 Å². The summed E-state index contributed by atoms with van der Waals surface area (Å²) in [5, 5.41) is 0. The molecule has 0 amide bonds. The number of hydrogen-bond donors (Lipinski definition) is 0. The Hall–Kier alpha value is -1.07. The highest BCUT2D eigenvalue weighted by Gasteiger charge is 2.30. The second-order valence-corrected chi connectivity index (χ2v) is 6.57. The molecule has 1 unspecified atom stereocenters. The zero-order valence-corrected chi connectivity index (χ0v) is 11.2. The van der Waals surface area contributed by atoms with E-state index in [9.17, 15) is 8.42 Å². The largest absolute Gasteiger partial charge is 0.302 e. The van der Waals surface area contributed by atoms with E-state index < -0.39 is 10.0 Å². The van der Waals surface area contributed by atoms with Gasteiger partial charge in [-0.2, -0.15) is 0 Å². The first kappa shape index (κ1) is 12.4. The lowest BCUT2D eigenvalue weighted by Gasteiger charge is -2.36. The highest BCUT2D eigenvalue weighted by Crippen LogP contribution is 2.37. The van der Waals surface area contributed by atoms with Gasteiger partial charge in [-0.05, 0) is 32.1 Å². The molecule has 0 aromatic heterocycles. The highest BCUT2D eigenvalue weighted by atomic mass is 32.2. The third-order valence-electron chi connectivity index (χ3n) is 3.19. The van der Waals surface area contributed by atoms with Crippen molar-refractivity contribution in [1.29, 1.82) is 0 Å². The van der Waals surface area contributed by atoms with Crippen molar-refractivity contribution in [3.8, 4) is 0 Å². The van der Waals surface area contributed by atoms with E-state index in [1.165, 1.54) is 10.6 Å². The molecule has 1 aliphatic heterocycles. The summed E-state index contributed by atoms with van der Waals surface area (Å²) in [6, 6.07) is 8.03. The van der Waals surface area contributed by atoms with Crippen LogP contribution in [0.3, 0.4) is 0 Å². The van der Waals surface area contributed by atoms with Crippen LogP contribution in [-0.2, 0) is 10.0 Å². The zero-order valence-electron chi connectivity index (χ0n) is 10.4. The molecule has 0 N–H and O–H groups in total. The van der Waals surface area contributed by atoms with Crippen LogP contribution in [0.1, 0.15) is 18.0 Å². The van der Waals surface area contributed by atoms with E-state index in [4.69, 9.17) is 0 Å². The molecule has 2 rings (SSSR count). The maximum atomic E-state index is 11.7. The molecule has 0 saturated heterocycles. The van der Waals surface area contributed by atoms with Gasteiger partial charge in [-0.3, -0.25) is 4.31 Å². The normalized spacial score (nSPS) is 20.5. The Kier molecular flexibility index (Phi) is 3.14. The summed E-state index contributed by atoms with van der Waals surface area (Å²) in [5.74, 6) is 0. The zero-order chi connectivity index (χ0) is 12.6. The van der Waals surface area contributed by atoms with Crippen LogP contribution in [-0.4, -0.2) is 40.2 Å². The Labute approximate surface area is 103 Å². The number of sulfonamides is 1. The van der Waals surface area contributed by atoms with Crippen molar-refractivity contribution < 1.29 is 8.42 Å². The number of benzene rings is 1. The number of hydrogen-bond acceptors (Lipinski definition) is 3. The van der Waals surface area contributed by atoms with Crippen LogP contribution in [0.5, 0.6) is 0 Å². The van der Waals surface area contributed by atoms with Crippen LogP contribution >= 0.6 is 0 Å². The van der Waals surface area contributed by atoms with Crippen molar-refractivity contribution in [1.82, 2.24) is 4.90 Å². The van der Waals surface area contributed by atoms with E-state index in [0.29, 0.717) is 12.6 Å². The van der Waals surface area contributed by atoms with Crippen molar-refractivity contribution in [2.24, 2.45) is 0 Å². The van der Waals surface area contributed by atoms with Gasteiger partial charge < -0.3 is 4.90 Å². The van der Waals surface area contributed by atoms with Gasteiger partial charge in [0.2, 0.25) is 10.0 Å². The molecule has 0 saturated carbocycles. The molecule has 0 aliphatic carbocycles. The van der Waals surface area contributed by atoms with Crippen molar-refractivity contribution in [3.63, 3.8) is 0 Å². The van der Waals surface area contributed by atoms with Gasteiger partial charge in [0.1, 0.15) is 0 Å². The molecular formula is C12H18N2O2S. The fraction of sp³-hybridized carbons (Fsp3) is 0.500. The van der Waals surface area contributed by atoms with Gasteiger partial charge in [0.15, 0.2) is 0 Å². The van der Waals surface area contributed by atoms with Gasteiger partial charge >= 0.3 is 0 Å². The van der Waals surface area contributed by atoms with Crippen LogP contribution < -0.4 is 4.31 Å². The lowest BCUT2D eigenvalue weighted by Crippen LogP contribution is -2.38. The summed E-state index contributed by atoms with van der Waals surface area (Å²) >= 11 is 0. The van der Waals surface area contributed by atoms with Gasteiger partial charge in [-0.25, -0.2) is 8.42 Å². The predicted molar refractivity (Wildman–Crippen MR) is 69.7 cm³/mol. The van der Waals surface area contributed by atoms with Crippen molar-refractivity contribution in [3.05, 3.63) is 29.8 Å². The minimum absolute atomic E-state index is 0.296. The van der Waals surface area contributed by atoms with E-state index in [0.717, 1.165) is 17.7 Å². The number of nitrogens with zero attached hydrogens (tertiary/aromatic N) is 2. The fourth-order valence-electron chi connectivity index (χ4n) is 2.39. The van der Waals surface area contributed by atoms with Gasteiger partial charge in [0.25, 0.3) is 0 Å². The first-order valence-corrected chi connectivity index (χ1v) is 7.49. The molecule has 17 heavy (non-hydrogen) atoms. The lowest BCUT2D eigenvalue weighted by molar-refractivity contribution is 0.282. The molecule has 0 fully saturated rings. The quantitative estimate of drug-likeness (QED) is 0.802. The Morgan fingerprint density at radius 2 is 1.94 bits per heavy atom. The molecule has 0 radical (unpaired) electrons. The van der Waals surface area contributed by atoms with Crippen LogP contribution in [0.2, 0.25) is 0 Å². The second-order valence-electron chi connectivity index (χ2n) is 4.66. The summed E-state index contributed by atoms with van der Waals surface area (Å²) in [6.07, 6.45) is 2.09. The molecule has 1 atom stereocenters. The van der Waals surface area contributed by atoms with E-state index >= 15 is 0 Å². The molecular weight excluding hydrogens is 236 g/mol. The monoisotopic (exact) mass is 254 g/mol. The van der Waals surface area contributed by atoms with Gasteiger partial charge in [-0.15, -0.1) is 0 Å². The Balaban J connectivity index is 2.51. The standard InChI is InChI=1S/C12H18N2O2S/c1-13(2)11-8-9-14(17(3,15)16)12-7-5-4-6-10(11)12/h4-7,11H,8-9H2,1-3H3. The Morgan fingerprint density at radius 1 is 1.29 bits per heavy atom. The topological polar surface area (TPSA) is 40.6 Å². The molecule has 0 spiro atoms. The molecule has 94 valence electrons. The van der Waals surface area contributed by atoms with Crippen molar-refractivity contribution >= 4 is 15.7 Å². The SMILES string of the molecule is CN(C)C1CCN(S(C)(=O)=O)c2ccccc21. The van der Waals surface area contributed by atoms with Crippen LogP contribution in [0.15, 0.2) is 24.3 Å². The minimum atomic E-state index is -3.17.